The second-order valence-corrected chi connectivity index (χ2v) is 4.17. The number of ether oxygens (including phenoxy) is 1. The molecule has 0 spiro atoms. The summed E-state index contributed by atoms with van der Waals surface area (Å²) in [6.07, 6.45) is -6.91. The zero-order valence-corrected chi connectivity index (χ0v) is 10.9. The summed E-state index contributed by atoms with van der Waals surface area (Å²) >= 11 is 0. The molecule has 0 aliphatic heterocycles. The van der Waals surface area contributed by atoms with E-state index in [2.05, 4.69) is 0 Å². The topological polar surface area (TPSA) is 58.6 Å². The van der Waals surface area contributed by atoms with Crippen LogP contribution in [0.2, 0.25) is 0 Å². The van der Waals surface area contributed by atoms with E-state index in [4.69, 9.17) is 9.84 Å². The van der Waals surface area contributed by atoms with Crippen molar-refractivity contribution in [3.05, 3.63) is 29.8 Å². The summed E-state index contributed by atoms with van der Waals surface area (Å²) in [5.74, 6) is 0.0647. The molecular formula is C13H16F3NO3. The van der Waals surface area contributed by atoms with Gasteiger partial charge in [0.05, 0.1) is 13.7 Å². The van der Waals surface area contributed by atoms with Crippen LogP contribution in [0, 0.1) is 0 Å². The molecule has 0 aromatic heterocycles. The first-order valence-corrected chi connectivity index (χ1v) is 5.98. The van der Waals surface area contributed by atoms with Gasteiger partial charge in [-0.15, -0.1) is 0 Å². The van der Waals surface area contributed by atoms with Crippen LogP contribution in [0.5, 0.6) is 5.75 Å². The minimum absolute atomic E-state index is 0.0188. The number of para-hydroxylation sites is 1. The summed E-state index contributed by atoms with van der Waals surface area (Å²) in [4.78, 5) is 11.4. The van der Waals surface area contributed by atoms with Crippen molar-refractivity contribution in [2.45, 2.75) is 25.1 Å². The average Bonchev–Trinajstić information content (AvgIpc) is 2.41. The molecule has 0 saturated carbocycles. The van der Waals surface area contributed by atoms with Gasteiger partial charge in [0, 0.05) is 6.42 Å². The molecule has 0 aliphatic carbocycles. The highest BCUT2D eigenvalue weighted by molar-refractivity contribution is 5.76. The van der Waals surface area contributed by atoms with Crippen LogP contribution in [0.25, 0.3) is 0 Å². The van der Waals surface area contributed by atoms with Gasteiger partial charge in [0.15, 0.2) is 6.10 Å². The van der Waals surface area contributed by atoms with Crippen molar-refractivity contribution in [3.63, 3.8) is 0 Å². The van der Waals surface area contributed by atoms with Gasteiger partial charge in [-0.2, -0.15) is 13.2 Å². The molecule has 2 N–H and O–H groups in total. The van der Waals surface area contributed by atoms with Gasteiger partial charge in [0.2, 0.25) is 5.91 Å². The third kappa shape index (κ3) is 5.08. The van der Waals surface area contributed by atoms with Crippen molar-refractivity contribution in [1.29, 1.82) is 0 Å². The number of aliphatic hydroxyl groups is 1. The Labute approximate surface area is 114 Å². The van der Waals surface area contributed by atoms with Crippen molar-refractivity contribution in [1.82, 2.24) is 5.32 Å². The Morgan fingerprint density at radius 3 is 2.65 bits per heavy atom. The van der Waals surface area contributed by atoms with Crippen molar-refractivity contribution in [2.75, 3.05) is 13.7 Å². The highest BCUT2D eigenvalue weighted by Gasteiger charge is 2.38. The Morgan fingerprint density at radius 1 is 1.40 bits per heavy atom. The maximum atomic E-state index is 12.0. The normalized spacial score (nSPS) is 12.8. The fraction of sp³-hybridized carbons (Fsp3) is 0.462. The van der Waals surface area contributed by atoms with E-state index < -0.39 is 24.7 Å². The molecule has 20 heavy (non-hydrogen) atoms. The van der Waals surface area contributed by atoms with E-state index in [0.717, 1.165) is 5.56 Å². The van der Waals surface area contributed by atoms with E-state index in [1.807, 2.05) is 5.32 Å². The quantitative estimate of drug-likeness (QED) is 0.838. The van der Waals surface area contributed by atoms with Crippen LogP contribution < -0.4 is 10.1 Å². The molecule has 1 rings (SSSR count). The highest BCUT2D eigenvalue weighted by atomic mass is 19.4. The van der Waals surface area contributed by atoms with Gasteiger partial charge < -0.3 is 15.2 Å². The largest absolute Gasteiger partial charge is 0.496 e. The number of alkyl halides is 3. The molecule has 1 aromatic carbocycles. The Morgan fingerprint density at radius 2 is 2.05 bits per heavy atom. The summed E-state index contributed by atoms with van der Waals surface area (Å²) in [6.45, 7) is -0.839. The zero-order valence-electron chi connectivity index (χ0n) is 10.9. The van der Waals surface area contributed by atoms with Crippen LogP contribution in [0.1, 0.15) is 12.0 Å². The van der Waals surface area contributed by atoms with Gasteiger partial charge in [0.1, 0.15) is 5.75 Å². The third-order valence-corrected chi connectivity index (χ3v) is 2.68. The van der Waals surface area contributed by atoms with Gasteiger partial charge in [0.25, 0.3) is 0 Å². The first-order chi connectivity index (χ1) is 9.34. The lowest BCUT2D eigenvalue weighted by Crippen LogP contribution is -2.40. The summed E-state index contributed by atoms with van der Waals surface area (Å²) in [6, 6.07) is 7.07. The molecule has 1 unspecified atom stereocenters. The predicted molar refractivity (Wildman–Crippen MR) is 66.4 cm³/mol. The second kappa shape index (κ2) is 7.14. The number of rotatable bonds is 6. The Balaban J connectivity index is 2.40. The zero-order chi connectivity index (χ0) is 15.2. The molecule has 1 atom stereocenters. The molecule has 1 aromatic rings. The Bertz CT molecular complexity index is 449. The van der Waals surface area contributed by atoms with E-state index in [0.29, 0.717) is 12.2 Å². The maximum Gasteiger partial charge on any atom is 0.416 e. The van der Waals surface area contributed by atoms with E-state index in [-0.39, 0.29) is 6.42 Å². The van der Waals surface area contributed by atoms with Gasteiger partial charge in [-0.05, 0) is 18.1 Å². The molecule has 0 bridgehead atoms. The molecular weight excluding hydrogens is 275 g/mol. The molecule has 0 radical (unpaired) electrons. The Hall–Kier alpha value is -1.76. The van der Waals surface area contributed by atoms with Gasteiger partial charge in [-0.3, -0.25) is 4.79 Å². The lowest BCUT2D eigenvalue weighted by Gasteiger charge is -2.15. The maximum absolute atomic E-state index is 12.0. The van der Waals surface area contributed by atoms with E-state index in [1.54, 1.807) is 24.3 Å². The fourth-order valence-corrected chi connectivity index (χ4v) is 1.57. The molecule has 7 heteroatoms. The van der Waals surface area contributed by atoms with Crippen molar-refractivity contribution >= 4 is 5.91 Å². The SMILES string of the molecule is COc1ccccc1CCC(=O)NCC(O)C(F)(F)F. The Kier molecular flexibility index (Phi) is 5.82. The van der Waals surface area contributed by atoms with Gasteiger partial charge >= 0.3 is 6.18 Å². The second-order valence-electron chi connectivity index (χ2n) is 4.17. The van der Waals surface area contributed by atoms with Crippen molar-refractivity contribution < 1.29 is 27.8 Å². The van der Waals surface area contributed by atoms with Crippen LogP contribution >= 0.6 is 0 Å². The number of benzene rings is 1. The van der Waals surface area contributed by atoms with E-state index in [9.17, 15) is 18.0 Å². The first-order valence-electron chi connectivity index (χ1n) is 5.98. The number of aryl methyl sites for hydroxylation is 1. The molecule has 4 nitrogen and oxygen atoms in total. The van der Waals surface area contributed by atoms with Crippen LogP contribution in [-0.2, 0) is 11.2 Å². The van der Waals surface area contributed by atoms with Crippen molar-refractivity contribution in [3.8, 4) is 5.75 Å². The first kappa shape index (κ1) is 16.3. The van der Waals surface area contributed by atoms with Crippen LogP contribution in [0.15, 0.2) is 24.3 Å². The number of carbonyl (C=O) groups excluding carboxylic acids is 1. The monoisotopic (exact) mass is 291 g/mol. The number of amides is 1. The van der Waals surface area contributed by atoms with Gasteiger partial charge in [-0.25, -0.2) is 0 Å². The molecule has 0 aliphatic rings. The van der Waals surface area contributed by atoms with Gasteiger partial charge in [-0.1, -0.05) is 18.2 Å². The summed E-state index contributed by atoms with van der Waals surface area (Å²) in [5.41, 5.74) is 0.793. The van der Waals surface area contributed by atoms with Crippen LogP contribution in [0.3, 0.4) is 0 Å². The summed E-state index contributed by atoms with van der Waals surface area (Å²) < 4.78 is 41.2. The summed E-state index contributed by atoms with van der Waals surface area (Å²) in [5, 5.41) is 10.8. The molecule has 112 valence electrons. The predicted octanol–water partition coefficient (Wildman–Crippen LogP) is 1.67. The van der Waals surface area contributed by atoms with Crippen LogP contribution in [-0.4, -0.2) is 36.9 Å². The molecule has 0 heterocycles. The standard InChI is InChI=1S/C13H16F3NO3/c1-20-10-5-3-2-4-9(10)6-7-12(19)17-8-11(18)13(14,15)16/h2-5,11,18H,6-8H2,1H3,(H,17,19). The number of halogens is 3. The smallest absolute Gasteiger partial charge is 0.416 e. The molecule has 0 fully saturated rings. The number of aliphatic hydroxyl groups excluding tert-OH is 1. The fourth-order valence-electron chi connectivity index (χ4n) is 1.57. The third-order valence-electron chi connectivity index (χ3n) is 2.68. The number of methoxy groups -OCH3 is 1. The van der Waals surface area contributed by atoms with E-state index >= 15 is 0 Å². The lowest BCUT2D eigenvalue weighted by molar-refractivity contribution is -0.201. The number of carbonyl (C=O) groups is 1. The molecule has 1 amide bonds. The average molecular weight is 291 g/mol. The van der Waals surface area contributed by atoms with Crippen molar-refractivity contribution in [2.24, 2.45) is 0 Å². The minimum Gasteiger partial charge on any atom is -0.496 e. The minimum atomic E-state index is -4.73. The number of hydrogen-bond donors (Lipinski definition) is 2. The van der Waals surface area contributed by atoms with E-state index in [1.165, 1.54) is 7.11 Å². The van der Waals surface area contributed by atoms with Crippen LogP contribution in [0.4, 0.5) is 13.2 Å². The highest BCUT2D eigenvalue weighted by Crippen LogP contribution is 2.20. The molecule has 0 saturated heterocycles. The number of hydrogen-bond acceptors (Lipinski definition) is 3. The lowest BCUT2D eigenvalue weighted by atomic mass is 10.1. The summed E-state index contributed by atoms with van der Waals surface area (Å²) in [7, 11) is 1.50. The number of nitrogens with one attached hydrogen (secondary N) is 1.